The van der Waals surface area contributed by atoms with Crippen LogP contribution in [-0.2, 0) is 5.75 Å². The highest BCUT2D eigenvalue weighted by Crippen LogP contribution is 2.42. The van der Waals surface area contributed by atoms with Gasteiger partial charge in [-0.2, -0.15) is 5.10 Å². The zero-order valence-electron chi connectivity index (χ0n) is 21.4. The van der Waals surface area contributed by atoms with E-state index in [-0.39, 0.29) is 17.7 Å². The van der Waals surface area contributed by atoms with Crippen molar-refractivity contribution in [1.82, 2.24) is 24.6 Å². The van der Waals surface area contributed by atoms with Crippen LogP contribution >= 0.6 is 11.8 Å². The lowest BCUT2D eigenvalue weighted by molar-refractivity contribution is 0.210. The summed E-state index contributed by atoms with van der Waals surface area (Å²) in [6.07, 6.45) is 1.82. The minimum Gasteiger partial charge on any atom is -0.381 e. The summed E-state index contributed by atoms with van der Waals surface area (Å²) in [6.45, 7) is 3.36. The number of rotatable bonds is 4. The maximum atomic E-state index is 8.07. The van der Waals surface area contributed by atoms with Crippen LogP contribution in [0.25, 0.3) is 16.7 Å². The zero-order valence-corrected chi connectivity index (χ0v) is 22.2. The molecule has 0 spiro atoms. The van der Waals surface area contributed by atoms with Crippen molar-refractivity contribution in [2.45, 2.75) is 16.7 Å². The Labute approximate surface area is 231 Å². The summed E-state index contributed by atoms with van der Waals surface area (Å²) >= 11 is 1.93. The molecular formula is C30H28N8S. The Morgan fingerprint density at radius 3 is 2.36 bits per heavy atom. The molecule has 3 N–H and O–H groups in total. The molecule has 0 saturated carbocycles. The number of benzene rings is 3. The Morgan fingerprint density at radius 1 is 0.846 bits per heavy atom. The molecule has 0 bridgehead atoms. The summed E-state index contributed by atoms with van der Waals surface area (Å²) in [6, 6.07) is 27.8. The van der Waals surface area contributed by atoms with Gasteiger partial charge in [0.1, 0.15) is 5.82 Å². The number of thioether (sulfide) groups is 1. The van der Waals surface area contributed by atoms with Crippen LogP contribution < -0.4 is 10.6 Å². The van der Waals surface area contributed by atoms with Gasteiger partial charge in [0.2, 0.25) is 0 Å². The first-order valence-electron chi connectivity index (χ1n) is 13.1. The molecule has 0 amide bonds. The van der Waals surface area contributed by atoms with Crippen molar-refractivity contribution in [2.75, 3.05) is 31.1 Å². The van der Waals surface area contributed by atoms with Crippen molar-refractivity contribution in [3.63, 3.8) is 0 Å². The van der Waals surface area contributed by atoms with E-state index in [2.05, 4.69) is 68.4 Å². The average molecular weight is 533 g/mol. The molecule has 9 heteroatoms. The van der Waals surface area contributed by atoms with Crippen molar-refractivity contribution >= 4 is 34.4 Å². The van der Waals surface area contributed by atoms with E-state index >= 15 is 0 Å². The zero-order chi connectivity index (χ0) is 26.3. The Morgan fingerprint density at radius 2 is 1.56 bits per heavy atom. The lowest BCUT2D eigenvalue weighted by Crippen LogP contribution is -2.48. The predicted octanol–water partition coefficient (Wildman–Crippen LogP) is 4.62. The second-order valence-corrected chi connectivity index (χ2v) is 10.9. The van der Waals surface area contributed by atoms with Crippen molar-refractivity contribution in [1.29, 1.82) is 5.41 Å². The van der Waals surface area contributed by atoms with Crippen LogP contribution in [0.5, 0.6) is 0 Å². The standard InChI is InChI=1S/C30H28N8S/c31-27(32)28-34-29(24-18-33-38(30(24)35-28)21-9-2-1-3-10-21)37-16-14-36(15-17-37)26-22-11-5-4-8-20(22)19-39-25-13-7-6-12-23(25)26/h1-13,18,26H,14-17,19H2,(H3,31,32). The second-order valence-electron chi connectivity index (χ2n) is 9.86. The molecule has 39 heavy (non-hydrogen) atoms. The highest BCUT2D eigenvalue weighted by atomic mass is 32.2. The monoisotopic (exact) mass is 532 g/mol. The SMILES string of the molecule is N=C(N)c1nc(N2CCN(C3c4ccccc4CSc4ccccc43)CC2)c2cnn(-c3ccccc3)c2n1. The number of hydrogen-bond donors (Lipinski definition) is 2. The van der Waals surface area contributed by atoms with Crippen LogP contribution in [0.15, 0.2) is 90.0 Å². The first-order valence-corrected chi connectivity index (χ1v) is 14.1. The molecule has 0 aliphatic carbocycles. The topological polar surface area (TPSA) is 100.0 Å². The maximum Gasteiger partial charge on any atom is 0.198 e. The third-order valence-corrected chi connectivity index (χ3v) is 8.71. The molecule has 194 valence electrons. The third-order valence-electron chi connectivity index (χ3n) is 7.58. The quantitative estimate of drug-likeness (QED) is 0.257. The summed E-state index contributed by atoms with van der Waals surface area (Å²) in [5.74, 6) is 1.84. The average Bonchev–Trinajstić information content (AvgIpc) is 3.34. The molecular weight excluding hydrogens is 504 g/mol. The van der Waals surface area contributed by atoms with Gasteiger partial charge in [-0.1, -0.05) is 60.7 Å². The van der Waals surface area contributed by atoms with Gasteiger partial charge in [-0.3, -0.25) is 10.3 Å². The van der Waals surface area contributed by atoms with Gasteiger partial charge in [0.15, 0.2) is 17.3 Å². The van der Waals surface area contributed by atoms with Crippen LogP contribution in [0, 0.1) is 5.41 Å². The van der Waals surface area contributed by atoms with Crippen molar-refractivity contribution in [3.05, 3.63) is 108 Å². The number of para-hydroxylation sites is 1. The van der Waals surface area contributed by atoms with Gasteiger partial charge in [0.25, 0.3) is 0 Å². The molecule has 2 aliphatic heterocycles. The molecule has 1 fully saturated rings. The second kappa shape index (κ2) is 9.83. The third kappa shape index (κ3) is 4.24. The lowest BCUT2D eigenvalue weighted by Gasteiger charge is -2.40. The molecule has 1 saturated heterocycles. The van der Waals surface area contributed by atoms with Gasteiger partial charge in [-0.25, -0.2) is 14.6 Å². The first kappa shape index (κ1) is 23.9. The molecule has 0 radical (unpaired) electrons. The van der Waals surface area contributed by atoms with E-state index < -0.39 is 0 Å². The van der Waals surface area contributed by atoms with Crippen molar-refractivity contribution in [3.8, 4) is 5.69 Å². The summed E-state index contributed by atoms with van der Waals surface area (Å²) in [5.41, 5.74) is 11.6. The number of piperazine rings is 1. The number of nitrogens with one attached hydrogen (secondary N) is 1. The van der Waals surface area contributed by atoms with Crippen LogP contribution in [-0.4, -0.2) is 56.7 Å². The summed E-state index contributed by atoms with van der Waals surface area (Å²) in [7, 11) is 0. The summed E-state index contributed by atoms with van der Waals surface area (Å²) < 4.78 is 1.79. The van der Waals surface area contributed by atoms with Gasteiger partial charge >= 0.3 is 0 Å². The summed E-state index contributed by atoms with van der Waals surface area (Å²) in [4.78, 5) is 15.6. The van der Waals surface area contributed by atoms with Crippen LogP contribution in [0.3, 0.4) is 0 Å². The fourth-order valence-corrected chi connectivity index (χ4v) is 6.79. The highest BCUT2D eigenvalue weighted by molar-refractivity contribution is 7.98. The Bertz CT molecular complexity index is 1630. The van der Waals surface area contributed by atoms with Gasteiger partial charge < -0.3 is 10.6 Å². The van der Waals surface area contributed by atoms with Crippen LogP contribution in [0.1, 0.15) is 28.6 Å². The number of nitrogens with two attached hydrogens (primary N) is 1. The van der Waals surface area contributed by atoms with E-state index in [9.17, 15) is 0 Å². The number of fused-ring (bicyclic) bond motifs is 3. The van der Waals surface area contributed by atoms with Crippen LogP contribution in [0.4, 0.5) is 5.82 Å². The molecule has 8 nitrogen and oxygen atoms in total. The van der Waals surface area contributed by atoms with Gasteiger partial charge in [0, 0.05) is 36.8 Å². The van der Waals surface area contributed by atoms with Gasteiger partial charge in [0.05, 0.1) is 23.3 Å². The number of nitrogens with zero attached hydrogens (tertiary/aromatic N) is 6. The summed E-state index contributed by atoms with van der Waals surface area (Å²) in [5, 5.41) is 13.6. The smallest absolute Gasteiger partial charge is 0.198 e. The molecule has 4 heterocycles. The number of amidine groups is 1. The molecule has 2 aromatic heterocycles. The molecule has 1 atom stereocenters. The van der Waals surface area contributed by atoms with E-state index in [1.165, 1.54) is 21.6 Å². The van der Waals surface area contributed by atoms with E-state index in [0.717, 1.165) is 48.8 Å². The largest absolute Gasteiger partial charge is 0.381 e. The highest BCUT2D eigenvalue weighted by Gasteiger charge is 2.32. The number of aromatic nitrogens is 4. The number of anilines is 1. The number of hydrogen-bond acceptors (Lipinski definition) is 7. The Kier molecular flexibility index (Phi) is 6.02. The molecule has 1 unspecified atom stereocenters. The van der Waals surface area contributed by atoms with Crippen molar-refractivity contribution < 1.29 is 0 Å². The van der Waals surface area contributed by atoms with E-state index in [0.29, 0.717) is 5.65 Å². The normalized spacial score (nSPS) is 17.4. The Hall–Kier alpha value is -4.21. The minimum atomic E-state index is -0.151. The van der Waals surface area contributed by atoms with E-state index in [4.69, 9.17) is 16.1 Å². The molecule has 2 aliphatic rings. The Balaban J connectivity index is 1.23. The molecule has 3 aromatic carbocycles. The molecule has 7 rings (SSSR count). The lowest BCUT2D eigenvalue weighted by atomic mass is 9.93. The number of nitrogen functional groups attached to an aromatic ring is 1. The van der Waals surface area contributed by atoms with Crippen LogP contribution in [0.2, 0.25) is 0 Å². The predicted molar refractivity (Wildman–Crippen MR) is 156 cm³/mol. The van der Waals surface area contributed by atoms with Gasteiger partial charge in [-0.05, 0) is 34.9 Å². The van der Waals surface area contributed by atoms with Crippen molar-refractivity contribution in [2.24, 2.45) is 5.73 Å². The fourth-order valence-electron chi connectivity index (χ4n) is 5.69. The van der Waals surface area contributed by atoms with E-state index in [1.54, 1.807) is 4.68 Å². The molecule has 5 aromatic rings. The van der Waals surface area contributed by atoms with E-state index in [1.807, 2.05) is 48.3 Å². The maximum absolute atomic E-state index is 8.07. The van der Waals surface area contributed by atoms with Gasteiger partial charge in [-0.15, -0.1) is 11.8 Å². The fraction of sp³-hybridized carbons (Fsp3) is 0.200. The first-order chi connectivity index (χ1) is 19.2. The minimum absolute atomic E-state index is 0.151.